The first-order chi connectivity index (χ1) is 13.1. The van der Waals surface area contributed by atoms with E-state index in [4.69, 9.17) is 4.74 Å². The summed E-state index contributed by atoms with van der Waals surface area (Å²) < 4.78 is 32.5. The van der Waals surface area contributed by atoms with Crippen LogP contribution < -0.4 is 4.31 Å². The third-order valence-corrected chi connectivity index (χ3v) is 5.93. The third-order valence-electron chi connectivity index (χ3n) is 4.18. The zero-order valence-corrected chi connectivity index (χ0v) is 16.9. The predicted molar refractivity (Wildman–Crippen MR) is 105 cm³/mol. The molecule has 0 aliphatic carbocycles. The number of carbonyl (C=O) groups is 1. The van der Waals surface area contributed by atoms with Gasteiger partial charge in [0.15, 0.2) is 0 Å². The van der Waals surface area contributed by atoms with Crippen LogP contribution >= 0.6 is 0 Å². The fourth-order valence-corrected chi connectivity index (χ4v) is 4.17. The summed E-state index contributed by atoms with van der Waals surface area (Å²) in [6.45, 7) is 6.24. The predicted octanol–water partition coefficient (Wildman–Crippen LogP) is 3.28. The zero-order chi connectivity index (χ0) is 21.1. The molecular weight excluding hydrogens is 384 g/mol. The van der Waals surface area contributed by atoms with E-state index < -0.39 is 27.5 Å². The minimum Gasteiger partial charge on any atom is -0.465 e. The number of hydrogen-bond donors (Lipinski definition) is 0. The first-order valence-electron chi connectivity index (χ1n) is 8.58. The Morgan fingerprint density at radius 1 is 1.11 bits per heavy atom. The number of benzene rings is 2. The van der Waals surface area contributed by atoms with E-state index in [9.17, 15) is 23.3 Å². The molecular formula is C19H22N2O6S. The average Bonchev–Trinajstić information content (AvgIpc) is 2.62. The van der Waals surface area contributed by atoms with Gasteiger partial charge in [-0.25, -0.2) is 8.42 Å². The lowest BCUT2D eigenvalue weighted by Gasteiger charge is -2.25. The van der Waals surface area contributed by atoms with Crippen LogP contribution in [-0.2, 0) is 19.6 Å². The molecule has 0 aromatic heterocycles. The van der Waals surface area contributed by atoms with Gasteiger partial charge in [-0.1, -0.05) is 18.2 Å². The van der Waals surface area contributed by atoms with Crippen molar-refractivity contribution in [3.05, 3.63) is 63.2 Å². The molecule has 0 N–H and O–H groups in total. The van der Waals surface area contributed by atoms with Crippen LogP contribution in [0.5, 0.6) is 0 Å². The van der Waals surface area contributed by atoms with Gasteiger partial charge < -0.3 is 4.74 Å². The summed E-state index contributed by atoms with van der Waals surface area (Å²) in [4.78, 5) is 22.4. The van der Waals surface area contributed by atoms with Crippen molar-refractivity contribution >= 4 is 27.4 Å². The fraction of sp³-hybridized carbons (Fsp3) is 0.316. The van der Waals surface area contributed by atoms with Crippen molar-refractivity contribution in [1.29, 1.82) is 0 Å². The minimum absolute atomic E-state index is 0.107. The lowest BCUT2D eigenvalue weighted by Crippen LogP contribution is -2.37. The molecule has 2 rings (SSSR count). The van der Waals surface area contributed by atoms with Gasteiger partial charge in [0.05, 0.1) is 22.1 Å². The molecule has 0 fully saturated rings. The minimum atomic E-state index is -4.25. The summed E-state index contributed by atoms with van der Waals surface area (Å²) in [5, 5.41) is 11.2. The molecule has 150 valence electrons. The highest BCUT2D eigenvalue weighted by molar-refractivity contribution is 7.92. The Bertz CT molecular complexity index is 1020. The number of hydrogen-bond acceptors (Lipinski definition) is 6. The van der Waals surface area contributed by atoms with E-state index >= 15 is 0 Å². The molecule has 0 amide bonds. The Hall–Kier alpha value is -2.94. The number of rotatable bonds is 7. The van der Waals surface area contributed by atoms with Crippen molar-refractivity contribution in [2.75, 3.05) is 17.5 Å². The number of sulfonamides is 1. The summed E-state index contributed by atoms with van der Waals surface area (Å²) in [7, 11) is -4.25. The van der Waals surface area contributed by atoms with Crippen LogP contribution in [0.2, 0.25) is 0 Å². The quantitative estimate of drug-likeness (QED) is 0.397. The Morgan fingerprint density at radius 3 is 2.36 bits per heavy atom. The highest BCUT2D eigenvalue weighted by atomic mass is 32.2. The number of nitro groups is 1. The molecule has 0 saturated heterocycles. The molecule has 28 heavy (non-hydrogen) atoms. The van der Waals surface area contributed by atoms with Crippen LogP contribution in [0.3, 0.4) is 0 Å². The molecule has 0 bridgehead atoms. The van der Waals surface area contributed by atoms with Crippen LogP contribution in [0.25, 0.3) is 0 Å². The molecule has 8 nitrogen and oxygen atoms in total. The second kappa shape index (κ2) is 8.39. The van der Waals surface area contributed by atoms with E-state index in [0.717, 1.165) is 15.9 Å². The van der Waals surface area contributed by atoms with E-state index in [1.54, 1.807) is 32.9 Å². The SMILES string of the molecule is CCOC(=O)CN(c1cc(C)ccc1C)S(=O)(=O)c1ccc(C)c([N+](=O)[O-])c1. The van der Waals surface area contributed by atoms with Crippen LogP contribution in [0.4, 0.5) is 11.4 Å². The number of ether oxygens (including phenoxy) is 1. The molecule has 0 heterocycles. The van der Waals surface area contributed by atoms with Crippen LogP contribution in [0.1, 0.15) is 23.6 Å². The van der Waals surface area contributed by atoms with Gasteiger partial charge in [-0.05, 0) is 51.0 Å². The molecule has 0 unspecified atom stereocenters. The first-order valence-corrected chi connectivity index (χ1v) is 10.0. The lowest BCUT2D eigenvalue weighted by atomic mass is 10.1. The van der Waals surface area contributed by atoms with E-state index in [1.807, 2.05) is 6.07 Å². The van der Waals surface area contributed by atoms with Crippen LogP contribution in [-0.4, -0.2) is 32.5 Å². The van der Waals surface area contributed by atoms with Crippen molar-refractivity contribution in [1.82, 2.24) is 0 Å². The summed E-state index contributed by atoms with van der Waals surface area (Å²) in [6.07, 6.45) is 0. The zero-order valence-electron chi connectivity index (χ0n) is 16.1. The molecule has 2 aromatic rings. The Balaban J connectivity index is 2.64. The molecule has 2 aromatic carbocycles. The number of nitro benzene ring substituents is 1. The third kappa shape index (κ3) is 4.48. The van der Waals surface area contributed by atoms with E-state index in [2.05, 4.69) is 0 Å². The van der Waals surface area contributed by atoms with E-state index in [-0.39, 0.29) is 17.2 Å². The number of carbonyl (C=O) groups excluding carboxylic acids is 1. The van der Waals surface area contributed by atoms with Gasteiger partial charge in [0.25, 0.3) is 15.7 Å². The number of nitrogens with zero attached hydrogens (tertiary/aromatic N) is 2. The van der Waals surface area contributed by atoms with Crippen molar-refractivity contribution in [3.8, 4) is 0 Å². The van der Waals surface area contributed by atoms with Gasteiger partial charge in [0, 0.05) is 11.6 Å². The first kappa shape index (κ1) is 21.4. The Labute approximate surface area is 163 Å². The summed E-state index contributed by atoms with van der Waals surface area (Å²) in [5.41, 5.74) is 1.79. The maximum atomic E-state index is 13.3. The largest absolute Gasteiger partial charge is 0.465 e. The molecule has 0 radical (unpaired) electrons. The molecule has 0 aliphatic heterocycles. The van der Waals surface area contributed by atoms with Gasteiger partial charge in [0.2, 0.25) is 0 Å². The second-order valence-electron chi connectivity index (χ2n) is 6.31. The monoisotopic (exact) mass is 406 g/mol. The number of esters is 1. The van der Waals surface area contributed by atoms with Crippen LogP contribution in [0, 0.1) is 30.9 Å². The normalized spacial score (nSPS) is 11.1. The Kier molecular flexibility index (Phi) is 6.40. The lowest BCUT2D eigenvalue weighted by molar-refractivity contribution is -0.385. The van der Waals surface area contributed by atoms with Gasteiger partial charge in [-0.3, -0.25) is 19.2 Å². The molecule has 9 heteroatoms. The maximum Gasteiger partial charge on any atom is 0.326 e. The molecule has 0 aliphatic rings. The summed E-state index contributed by atoms with van der Waals surface area (Å²) in [6, 6.07) is 8.89. The van der Waals surface area contributed by atoms with Crippen molar-refractivity contribution in [2.24, 2.45) is 0 Å². The topological polar surface area (TPSA) is 107 Å². The van der Waals surface area contributed by atoms with Gasteiger partial charge in [-0.15, -0.1) is 0 Å². The van der Waals surface area contributed by atoms with Gasteiger partial charge in [-0.2, -0.15) is 0 Å². The van der Waals surface area contributed by atoms with E-state index in [0.29, 0.717) is 16.8 Å². The number of anilines is 1. The highest BCUT2D eigenvalue weighted by Crippen LogP contribution is 2.30. The second-order valence-corrected chi connectivity index (χ2v) is 8.17. The van der Waals surface area contributed by atoms with E-state index in [1.165, 1.54) is 19.1 Å². The molecule has 0 spiro atoms. The van der Waals surface area contributed by atoms with Crippen molar-refractivity contribution in [3.63, 3.8) is 0 Å². The maximum absolute atomic E-state index is 13.3. The molecule has 0 saturated carbocycles. The highest BCUT2D eigenvalue weighted by Gasteiger charge is 2.30. The van der Waals surface area contributed by atoms with Gasteiger partial charge in [0.1, 0.15) is 6.54 Å². The summed E-state index contributed by atoms with van der Waals surface area (Å²) >= 11 is 0. The fourth-order valence-electron chi connectivity index (χ4n) is 2.69. The smallest absolute Gasteiger partial charge is 0.326 e. The van der Waals surface area contributed by atoms with Gasteiger partial charge >= 0.3 is 5.97 Å². The summed E-state index contributed by atoms with van der Waals surface area (Å²) in [5.74, 6) is -0.714. The number of aryl methyl sites for hydroxylation is 3. The average molecular weight is 406 g/mol. The van der Waals surface area contributed by atoms with Crippen molar-refractivity contribution in [2.45, 2.75) is 32.6 Å². The van der Waals surface area contributed by atoms with Crippen molar-refractivity contribution < 1.29 is 22.9 Å². The standard InChI is InChI=1S/C19H22N2O6S/c1-5-27-19(22)12-20(17-10-13(2)6-7-14(17)3)28(25,26)16-9-8-15(4)18(11-16)21(23)24/h6-11H,5,12H2,1-4H3. The van der Waals surface area contributed by atoms with Crippen LogP contribution in [0.15, 0.2) is 41.3 Å². The Morgan fingerprint density at radius 2 is 1.75 bits per heavy atom. The molecule has 0 atom stereocenters.